The summed E-state index contributed by atoms with van der Waals surface area (Å²) < 4.78 is 0. The van der Waals surface area contributed by atoms with E-state index in [4.69, 9.17) is 23.2 Å². The van der Waals surface area contributed by atoms with Gasteiger partial charge in [-0.2, -0.15) is 5.10 Å². The molecule has 0 spiro atoms. The second kappa shape index (κ2) is 9.75. The summed E-state index contributed by atoms with van der Waals surface area (Å²) in [6, 6.07) is 23.7. The van der Waals surface area contributed by atoms with Crippen molar-refractivity contribution in [2.24, 2.45) is 5.10 Å². The van der Waals surface area contributed by atoms with Crippen molar-refractivity contribution in [1.29, 1.82) is 0 Å². The molecule has 0 aliphatic carbocycles. The highest BCUT2D eigenvalue weighted by atomic mass is 35.5. The predicted molar refractivity (Wildman–Crippen MR) is 130 cm³/mol. The van der Waals surface area contributed by atoms with Crippen molar-refractivity contribution < 1.29 is 4.79 Å². The molecular formula is C23H16Cl2N4OS. The SMILES string of the molecule is O=C(Nc1sc(N/N=C\c2cccc(Cl)c2)nc1-c1ccccc1)c1ccc(Cl)cc1. The molecular weight excluding hydrogens is 451 g/mol. The molecule has 0 fully saturated rings. The molecule has 5 nitrogen and oxygen atoms in total. The number of halogens is 2. The smallest absolute Gasteiger partial charge is 0.256 e. The van der Waals surface area contributed by atoms with Gasteiger partial charge in [-0.1, -0.05) is 77.0 Å². The molecule has 4 aromatic rings. The van der Waals surface area contributed by atoms with Gasteiger partial charge in [0.15, 0.2) is 0 Å². The third kappa shape index (κ3) is 5.49. The van der Waals surface area contributed by atoms with Crippen LogP contribution in [0.3, 0.4) is 0 Å². The number of nitrogens with zero attached hydrogens (tertiary/aromatic N) is 2. The van der Waals surface area contributed by atoms with Gasteiger partial charge in [0, 0.05) is 21.2 Å². The molecule has 0 atom stereocenters. The molecule has 0 aliphatic rings. The molecule has 154 valence electrons. The molecule has 0 bridgehead atoms. The van der Waals surface area contributed by atoms with Crippen LogP contribution in [0.1, 0.15) is 15.9 Å². The highest BCUT2D eigenvalue weighted by molar-refractivity contribution is 7.20. The maximum atomic E-state index is 12.7. The molecule has 4 rings (SSSR count). The summed E-state index contributed by atoms with van der Waals surface area (Å²) in [6.45, 7) is 0. The van der Waals surface area contributed by atoms with Crippen LogP contribution in [0.25, 0.3) is 11.3 Å². The standard InChI is InChI=1S/C23H16Cl2N4OS/c24-18-11-9-17(10-12-18)21(30)28-22-20(16-6-2-1-3-7-16)27-23(31-22)29-26-14-15-5-4-8-19(25)13-15/h1-14H,(H,27,29)(H,28,30)/b26-14-. The number of hydrazone groups is 1. The Morgan fingerprint density at radius 3 is 2.45 bits per heavy atom. The van der Waals surface area contributed by atoms with E-state index in [9.17, 15) is 4.79 Å². The van der Waals surface area contributed by atoms with Crippen molar-refractivity contribution in [3.63, 3.8) is 0 Å². The third-order valence-corrected chi connectivity index (χ3v) is 5.59. The number of amides is 1. The summed E-state index contributed by atoms with van der Waals surface area (Å²) in [5.41, 5.74) is 5.84. The van der Waals surface area contributed by atoms with Crippen molar-refractivity contribution in [1.82, 2.24) is 4.98 Å². The zero-order chi connectivity index (χ0) is 21.6. The third-order valence-electron chi connectivity index (χ3n) is 4.23. The van der Waals surface area contributed by atoms with Crippen molar-refractivity contribution in [2.75, 3.05) is 10.7 Å². The van der Waals surface area contributed by atoms with E-state index in [1.54, 1.807) is 36.5 Å². The Morgan fingerprint density at radius 1 is 0.935 bits per heavy atom. The molecule has 3 aromatic carbocycles. The van der Waals surface area contributed by atoms with Gasteiger partial charge in [-0.05, 0) is 42.0 Å². The van der Waals surface area contributed by atoms with Crippen LogP contribution in [-0.2, 0) is 0 Å². The second-order valence-corrected chi connectivity index (χ2v) is 8.32. The van der Waals surface area contributed by atoms with Gasteiger partial charge in [0.05, 0.1) is 6.21 Å². The number of anilines is 2. The number of aromatic nitrogens is 1. The molecule has 0 aliphatic heterocycles. The van der Waals surface area contributed by atoms with Crippen LogP contribution in [0.4, 0.5) is 10.1 Å². The Labute approximate surface area is 193 Å². The topological polar surface area (TPSA) is 66.4 Å². The van der Waals surface area contributed by atoms with Gasteiger partial charge < -0.3 is 5.32 Å². The fraction of sp³-hybridized carbons (Fsp3) is 0. The highest BCUT2D eigenvalue weighted by Crippen LogP contribution is 2.36. The molecule has 2 N–H and O–H groups in total. The van der Waals surface area contributed by atoms with Gasteiger partial charge in [0.2, 0.25) is 5.13 Å². The molecule has 1 amide bonds. The van der Waals surface area contributed by atoms with Crippen LogP contribution in [0.2, 0.25) is 10.0 Å². The molecule has 0 saturated carbocycles. The summed E-state index contributed by atoms with van der Waals surface area (Å²) >= 11 is 13.2. The summed E-state index contributed by atoms with van der Waals surface area (Å²) in [4.78, 5) is 17.3. The van der Waals surface area contributed by atoms with E-state index in [0.29, 0.717) is 31.4 Å². The van der Waals surface area contributed by atoms with Gasteiger partial charge in [-0.15, -0.1) is 0 Å². The number of thiazole rings is 1. The van der Waals surface area contributed by atoms with Gasteiger partial charge in [-0.3, -0.25) is 10.2 Å². The van der Waals surface area contributed by atoms with Crippen molar-refractivity contribution in [3.8, 4) is 11.3 Å². The van der Waals surface area contributed by atoms with E-state index in [-0.39, 0.29) is 5.91 Å². The lowest BCUT2D eigenvalue weighted by atomic mass is 10.1. The zero-order valence-electron chi connectivity index (χ0n) is 16.0. The molecule has 0 radical (unpaired) electrons. The van der Waals surface area contributed by atoms with Crippen LogP contribution >= 0.6 is 34.5 Å². The number of rotatable bonds is 6. The number of hydrogen-bond acceptors (Lipinski definition) is 5. The van der Waals surface area contributed by atoms with Crippen molar-refractivity contribution in [2.45, 2.75) is 0 Å². The molecule has 0 unspecified atom stereocenters. The van der Waals surface area contributed by atoms with Gasteiger partial charge in [0.1, 0.15) is 10.7 Å². The first-order chi connectivity index (χ1) is 15.1. The molecule has 1 heterocycles. The Kier molecular flexibility index (Phi) is 6.62. The van der Waals surface area contributed by atoms with E-state index in [0.717, 1.165) is 11.1 Å². The average Bonchev–Trinajstić information content (AvgIpc) is 3.17. The van der Waals surface area contributed by atoms with Crippen LogP contribution in [0, 0.1) is 0 Å². The maximum absolute atomic E-state index is 12.7. The largest absolute Gasteiger partial charge is 0.312 e. The Bertz CT molecular complexity index is 1220. The maximum Gasteiger partial charge on any atom is 0.256 e. The number of benzene rings is 3. The lowest BCUT2D eigenvalue weighted by Crippen LogP contribution is -2.11. The summed E-state index contributed by atoms with van der Waals surface area (Å²) in [5.74, 6) is -0.244. The Hall–Kier alpha value is -3.19. The minimum Gasteiger partial charge on any atom is -0.312 e. The Morgan fingerprint density at radius 2 is 1.71 bits per heavy atom. The second-order valence-electron chi connectivity index (χ2n) is 6.45. The minimum absolute atomic E-state index is 0.244. The van der Waals surface area contributed by atoms with Gasteiger partial charge in [0.25, 0.3) is 5.91 Å². The average molecular weight is 467 g/mol. The molecule has 0 saturated heterocycles. The summed E-state index contributed by atoms with van der Waals surface area (Å²) in [5, 5.41) is 9.55. The number of nitrogens with one attached hydrogen (secondary N) is 2. The lowest BCUT2D eigenvalue weighted by Gasteiger charge is -2.05. The normalized spacial score (nSPS) is 10.9. The minimum atomic E-state index is -0.244. The van der Waals surface area contributed by atoms with Crippen LogP contribution in [0.15, 0.2) is 84.0 Å². The highest BCUT2D eigenvalue weighted by Gasteiger charge is 2.16. The van der Waals surface area contributed by atoms with E-state index in [1.165, 1.54) is 11.3 Å². The fourth-order valence-corrected chi connectivity index (χ4v) is 3.93. The molecule has 31 heavy (non-hydrogen) atoms. The van der Waals surface area contributed by atoms with Crippen LogP contribution in [-0.4, -0.2) is 17.1 Å². The van der Waals surface area contributed by atoms with E-state index < -0.39 is 0 Å². The monoisotopic (exact) mass is 466 g/mol. The van der Waals surface area contributed by atoms with Crippen molar-refractivity contribution in [3.05, 3.63) is 100 Å². The predicted octanol–water partition coefficient (Wildman–Crippen LogP) is 6.82. The first-order valence-electron chi connectivity index (χ1n) is 9.26. The molecule has 1 aromatic heterocycles. The number of carbonyl (C=O) groups is 1. The first-order valence-corrected chi connectivity index (χ1v) is 10.8. The van der Waals surface area contributed by atoms with Crippen LogP contribution in [0.5, 0.6) is 0 Å². The van der Waals surface area contributed by atoms with E-state index in [2.05, 4.69) is 20.8 Å². The summed E-state index contributed by atoms with van der Waals surface area (Å²) in [7, 11) is 0. The Balaban J connectivity index is 1.58. The summed E-state index contributed by atoms with van der Waals surface area (Å²) in [6.07, 6.45) is 1.65. The van der Waals surface area contributed by atoms with Crippen LogP contribution < -0.4 is 10.7 Å². The van der Waals surface area contributed by atoms with Crippen molar-refractivity contribution >= 4 is 56.8 Å². The number of hydrogen-bond donors (Lipinski definition) is 2. The van der Waals surface area contributed by atoms with Gasteiger partial charge in [-0.25, -0.2) is 4.98 Å². The quantitative estimate of drug-likeness (QED) is 0.242. The number of carbonyl (C=O) groups excluding carboxylic acids is 1. The van der Waals surface area contributed by atoms with Gasteiger partial charge >= 0.3 is 0 Å². The zero-order valence-corrected chi connectivity index (χ0v) is 18.4. The first kappa shape index (κ1) is 21.1. The lowest BCUT2D eigenvalue weighted by molar-refractivity contribution is 0.102. The molecule has 8 heteroatoms. The van der Waals surface area contributed by atoms with E-state index >= 15 is 0 Å². The fourth-order valence-electron chi connectivity index (χ4n) is 2.77. The van der Waals surface area contributed by atoms with E-state index in [1.807, 2.05) is 48.5 Å².